The van der Waals surface area contributed by atoms with Gasteiger partial charge >= 0.3 is 0 Å². The van der Waals surface area contributed by atoms with Gasteiger partial charge in [-0.15, -0.1) is 0 Å². The molecule has 0 aliphatic heterocycles. The normalized spacial score (nSPS) is 12.1. The second-order valence-electron chi connectivity index (χ2n) is 6.31. The van der Waals surface area contributed by atoms with Crippen LogP contribution in [0.5, 0.6) is 0 Å². The summed E-state index contributed by atoms with van der Waals surface area (Å²) in [5, 5.41) is 0. The molecule has 1 aromatic carbocycles. The van der Waals surface area contributed by atoms with Crippen molar-refractivity contribution in [2.75, 3.05) is 0 Å². The summed E-state index contributed by atoms with van der Waals surface area (Å²) in [4.78, 5) is 3.17. The Bertz CT molecular complexity index is 627. The minimum absolute atomic E-state index is 0.0569. The van der Waals surface area contributed by atoms with Crippen LogP contribution < -0.4 is 0 Å². The molecule has 0 aliphatic rings. The van der Waals surface area contributed by atoms with Crippen LogP contribution in [0.1, 0.15) is 51.8 Å². The van der Waals surface area contributed by atoms with Crippen molar-refractivity contribution in [3.8, 4) is 5.69 Å². The van der Waals surface area contributed by atoms with Crippen molar-refractivity contribution in [1.82, 2.24) is 9.55 Å². The molecular weight excluding hydrogens is 252 g/mol. The van der Waals surface area contributed by atoms with Crippen LogP contribution in [0, 0.1) is 4.77 Å². The van der Waals surface area contributed by atoms with Crippen molar-refractivity contribution in [3.63, 3.8) is 0 Å². The zero-order valence-electron chi connectivity index (χ0n) is 12.3. The summed E-state index contributed by atoms with van der Waals surface area (Å²) in [5.41, 5.74) is 3.74. The Hall–Kier alpha value is -1.35. The first-order valence-electron chi connectivity index (χ1n) is 6.72. The molecule has 0 saturated carbocycles. The molecule has 0 fully saturated rings. The molecule has 102 valence electrons. The van der Waals surface area contributed by atoms with Crippen molar-refractivity contribution in [1.29, 1.82) is 0 Å². The summed E-state index contributed by atoms with van der Waals surface area (Å²) in [6.45, 7) is 11.0. The van der Waals surface area contributed by atoms with Crippen LogP contribution in [-0.2, 0) is 5.41 Å². The number of imidazole rings is 1. The monoisotopic (exact) mass is 274 g/mol. The van der Waals surface area contributed by atoms with Crippen LogP contribution in [0.25, 0.3) is 5.69 Å². The van der Waals surface area contributed by atoms with Gasteiger partial charge in [0.1, 0.15) is 0 Å². The van der Waals surface area contributed by atoms with Gasteiger partial charge in [-0.2, -0.15) is 0 Å². The van der Waals surface area contributed by atoms with Gasteiger partial charge in [-0.05, 0) is 35.8 Å². The number of aromatic nitrogens is 2. The predicted octanol–water partition coefficient (Wildman–Crippen LogP) is 4.96. The molecule has 3 heteroatoms. The highest BCUT2D eigenvalue weighted by atomic mass is 32.1. The molecule has 0 saturated heterocycles. The van der Waals surface area contributed by atoms with Gasteiger partial charge in [0.25, 0.3) is 0 Å². The van der Waals surface area contributed by atoms with Crippen LogP contribution in [0.15, 0.2) is 30.5 Å². The molecule has 2 rings (SSSR count). The molecule has 19 heavy (non-hydrogen) atoms. The first-order chi connectivity index (χ1) is 8.80. The fourth-order valence-electron chi connectivity index (χ4n) is 2.20. The van der Waals surface area contributed by atoms with Crippen LogP contribution >= 0.6 is 12.2 Å². The van der Waals surface area contributed by atoms with Gasteiger partial charge in [-0.3, -0.25) is 4.57 Å². The zero-order valence-corrected chi connectivity index (χ0v) is 13.1. The first kappa shape index (κ1) is 14.1. The molecule has 0 aliphatic carbocycles. The van der Waals surface area contributed by atoms with E-state index in [4.69, 9.17) is 12.2 Å². The van der Waals surface area contributed by atoms with E-state index in [1.807, 2.05) is 6.20 Å². The van der Waals surface area contributed by atoms with Crippen molar-refractivity contribution >= 4 is 12.2 Å². The second-order valence-corrected chi connectivity index (χ2v) is 6.70. The maximum atomic E-state index is 5.44. The van der Waals surface area contributed by atoms with Crippen LogP contribution in [0.4, 0.5) is 0 Å². The van der Waals surface area contributed by atoms with E-state index in [9.17, 15) is 0 Å². The molecule has 0 spiro atoms. The second kappa shape index (κ2) is 4.97. The lowest BCUT2D eigenvalue weighted by atomic mass is 9.92. The first-order valence-corrected chi connectivity index (χ1v) is 7.13. The average molecular weight is 274 g/mol. The van der Waals surface area contributed by atoms with E-state index in [0.717, 1.165) is 10.5 Å². The van der Waals surface area contributed by atoms with Crippen LogP contribution in [-0.4, -0.2) is 9.55 Å². The van der Waals surface area contributed by atoms with Crippen molar-refractivity contribution < 1.29 is 0 Å². The smallest absolute Gasteiger partial charge is 0.182 e. The molecular formula is C16H22N2S. The zero-order chi connectivity index (χ0) is 14.2. The molecule has 0 amide bonds. The van der Waals surface area contributed by atoms with Gasteiger partial charge in [0, 0.05) is 23.0 Å². The lowest BCUT2D eigenvalue weighted by Gasteiger charge is -2.21. The summed E-state index contributed by atoms with van der Waals surface area (Å²) in [7, 11) is 0. The molecule has 2 aromatic rings. The standard InChI is InChI=1S/C16H22N2S/c1-11(2)12-7-6-8-13(9-12)18-14(16(3,4)5)10-17-15(18)19/h6-11H,1-5H3,(H,17,19). The number of hydrogen-bond acceptors (Lipinski definition) is 1. The number of aromatic amines is 1. The molecule has 2 nitrogen and oxygen atoms in total. The molecule has 0 radical (unpaired) electrons. The van der Waals surface area contributed by atoms with Gasteiger partial charge in [0.05, 0.1) is 0 Å². The largest absolute Gasteiger partial charge is 0.337 e. The summed E-state index contributed by atoms with van der Waals surface area (Å²) in [6.07, 6.45) is 2.02. The Morgan fingerprint density at radius 2 is 1.89 bits per heavy atom. The van der Waals surface area contributed by atoms with E-state index in [1.54, 1.807) is 0 Å². The highest BCUT2D eigenvalue weighted by Crippen LogP contribution is 2.26. The number of rotatable bonds is 2. The van der Waals surface area contributed by atoms with Crippen LogP contribution in [0.3, 0.4) is 0 Å². The number of nitrogens with zero attached hydrogens (tertiary/aromatic N) is 1. The molecule has 1 N–H and O–H groups in total. The van der Waals surface area contributed by atoms with E-state index in [2.05, 4.69) is 68.4 Å². The van der Waals surface area contributed by atoms with Gasteiger partial charge in [0.15, 0.2) is 4.77 Å². The summed E-state index contributed by atoms with van der Waals surface area (Å²) >= 11 is 5.44. The Labute approximate surface area is 120 Å². The fraction of sp³-hybridized carbons (Fsp3) is 0.438. The topological polar surface area (TPSA) is 20.7 Å². The van der Waals surface area contributed by atoms with Crippen molar-refractivity contribution in [2.45, 2.75) is 46.0 Å². The molecule has 0 bridgehead atoms. The van der Waals surface area contributed by atoms with Crippen LogP contribution in [0.2, 0.25) is 0 Å². The van der Waals surface area contributed by atoms with Gasteiger partial charge in [0.2, 0.25) is 0 Å². The summed E-state index contributed by atoms with van der Waals surface area (Å²) in [6, 6.07) is 8.61. The molecule has 0 atom stereocenters. The quantitative estimate of drug-likeness (QED) is 0.768. The SMILES string of the molecule is CC(C)c1cccc(-n2c(C(C)(C)C)c[nH]c2=S)c1. The Morgan fingerprint density at radius 1 is 1.21 bits per heavy atom. The Morgan fingerprint density at radius 3 is 2.47 bits per heavy atom. The van der Waals surface area contributed by atoms with Gasteiger partial charge in [-0.1, -0.05) is 46.8 Å². The number of H-pyrrole nitrogens is 1. The minimum Gasteiger partial charge on any atom is -0.337 e. The Balaban J connectivity index is 2.62. The lowest BCUT2D eigenvalue weighted by Crippen LogP contribution is -2.16. The minimum atomic E-state index is 0.0569. The maximum Gasteiger partial charge on any atom is 0.182 e. The van der Waals surface area contributed by atoms with E-state index in [0.29, 0.717) is 5.92 Å². The highest BCUT2D eigenvalue weighted by molar-refractivity contribution is 7.71. The van der Waals surface area contributed by atoms with E-state index >= 15 is 0 Å². The van der Waals surface area contributed by atoms with Crippen molar-refractivity contribution in [3.05, 3.63) is 46.5 Å². The number of nitrogens with one attached hydrogen (secondary N) is 1. The third-order valence-electron chi connectivity index (χ3n) is 3.34. The van der Waals surface area contributed by atoms with Crippen molar-refractivity contribution in [2.24, 2.45) is 0 Å². The average Bonchev–Trinajstić information content (AvgIpc) is 2.71. The molecule has 1 aromatic heterocycles. The maximum absolute atomic E-state index is 5.44. The fourth-order valence-corrected chi connectivity index (χ4v) is 2.46. The van der Waals surface area contributed by atoms with E-state index in [1.165, 1.54) is 11.3 Å². The molecule has 0 unspecified atom stereocenters. The predicted molar refractivity (Wildman–Crippen MR) is 83.7 cm³/mol. The van der Waals surface area contributed by atoms with Gasteiger partial charge in [-0.25, -0.2) is 0 Å². The lowest BCUT2D eigenvalue weighted by molar-refractivity contribution is 0.555. The van der Waals surface area contributed by atoms with E-state index in [-0.39, 0.29) is 5.41 Å². The summed E-state index contributed by atoms with van der Waals surface area (Å²) in [5.74, 6) is 0.520. The number of hydrogen-bond donors (Lipinski definition) is 1. The number of benzene rings is 1. The van der Waals surface area contributed by atoms with Gasteiger partial charge < -0.3 is 4.98 Å². The highest BCUT2D eigenvalue weighted by Gasteiger charge is 2.20. The third-order valence-corrected chi connectivity index (χ3v) is 3.64. The Kier molecular flexibility index (Phi) is 3.68. The third kappa shape index (κ3) is 2.81. The summed E-state index contributed by atoms with van der Waals surface area (Å²) < 4.78 is 2.90. The molecule has 1 heterocycles. The van der Waals surface area contributed by atoms with E-state index < -0.39 is 0 Å².